The number of benzene rings is 1. The first-order valence-electron chi connectivity index (χ1n) is 14.9. The number of fused-ring (bicyclic) bond motifs is 1. The lowest BCUT2D eigenvalue weighted by molar-refractivity contribution is 0.0613. The molecule has 0 saturated carbocycles. The molecule has 6 rings (SSSR count). The molecule has 3 N–H and O–H groups in total. The summed E-state index contributed by atoms with van der Waals surface area (Å²) in [5.41, 5.74) is 4.79. The van der Waals surface area contributed by atoms with Crippen LogP contribution in [0.3, 0.4) is 0 Å². The number of hydrogen-bond acceptors (Lipinski definition) is 9. The molecule has 12 heteroatoms. The predicted molar refractivity (Wildman–Crippen MR) is 174 cm³/mol. The van der Waals surface area contributed by atoms with Crippen LogP contribution in [0.1, 0.15) is 37.1 Å². The van der Waals surface area contributed by atoms with Gasteiger partial charge in [-0.2, -0.15) is 14.2 Å². The van der Waals surface area contributed by atoms with Crippen LogP contribution in [0.5, 0.6) is 0 Å². The molecular formula is C31H40N8O3S. The van der Waals surface area contributed by atoms with E-state index in [0.29, 0.717) is 59.9 Å². The van der Waals surface area contributed by atoms with Gasteiger partial charge in [0.1, 0.15) is 5.65 Å². The minimum absolute atomic E-state index is 0.158. The molecule has 11 nitrogen and oxygen atoms in total. The van der Waals surface area contributed by atoms with Crippen molar-refractivity contribution >= 4 is 43.9 Å². The molecule has 2 saturated heterocycles. The van der Waals surface area contributed by atoms with E-state index in [-0.39, 0.29) is 11.5 Å². The van der Waals surface area contributed by atoms with Gasteiger partial charge in [-0.15, -0.1) is 0 Å². The Morgan fingerprint density at radius 1 is 1.09 bits per heavy atom. The van der Waals surface area contributed by atoms with Crippen LogP contribution in [-0.4, -0.2) is 72.4 Å². The normalized spacial score (nSPS) is 18.0. The van der Waals surface area contributed by atoms with Crippen molar-refractivity contribution in [3.05, 3.63) is 58.3 Å². The molecular weight excluding hydrogens is 564 g/mol. The zero-order chi connectivity index (χ0) is 30.1. The van der Waals surface area contributed by atoms with E-state index in [9.17, 15) is 9.00 Å². The lowest BCUT2D eigenvalue weighted by Gasteiger charge is -2.24. The number of aromatic nitrogens is 5. The number of nitrogens with one attached hydrogen (secondary N) is 3. The quantitative estimate of drug-likeness (QED) is 0.258. The summed E-state index contributed by atoms with van der Waals surface area (Å²) in [6, 6.07) is 10.4. The van der Waals surface area contributed by atoms with E-state index < -0.39 is 9.71 Å². The third-order valence-corrected chi connectivity index (χ3v) is 9.43. The molecule has 3 aromatic heterocycles. The predicted octanol–water partition coefficient (Wildman–Crippen LogP) is 3.72. The summed E-state index contributed by atoms with van der Waals surface area (Å²) < 4.78 is 21.6. The van der Waals surface area contributed by atoms with Crippen molar-refractivity contribution in [3.63, 3.8) is 0 Å². The molecule has 0 radical (unpaired) electrons. The summed E-state index contributed by atoms with van der Waals surface area (Å²) in [6.07, 6.45) is 7.27. The number of hydrogen-bond donors (Lipinski definition) is 3. The van der Waals surface area contributed by atoms with Gasteiger partial charge in [0.05, 0.1) is 26.7 Å². The molecule has 2 aliphatic rings. The number of nitrogens with zero attached hydrogens (tertiary/aromatic N) is 5. The van der Waals surface area contributed by atoms with Gasteiger partial charge in [-0.1, -0.05) is 0 Å². The zero-order valence-corrected chi connectivity index (χ0v) is 25.9. The maximum atomic E-state index is 14.2. The van der Waals surface area contributed by atoms with Crippen molar-refractivity contribution in [1.29, 1.82) is 0 Å². The maximum absolute atomic E-state index is 14.2. The van der Waals surface area contributed by atoms with Crippen molar-refractivity contribution in [1.82, 2.24) is 29.0 Å². The van der Waals surface area contributed by atoms with E-state index in [1.807, 2.05) is 32.0 Å². The molecule has 1 unspecified atom stereocenters. The molecule has 4 aromatic rings. The first-order valence-corrected chi connectivity index (χ1v) is 17.0. The minimum Gasteiger partial charge on any atom is -0.382 e. The van der Waals surface area contributed by atoms with Gasteiger partial charge in [0.2, 0.25) is 5.95 Å². The molecule has 0 spiro atoms. The van der Waals surface area contributed by atoms with Crippen molar-refractivity contribution < 1.29 is 8.95 Å². The summed E-state index contributed by atoms with van der Waals surface area (Å²) >= 11 is 0. The second-order valence-electron chi connectivity index (χ2n) is 11.8. The van der Waals surface area contributed by atoms with Gasteiger partial charge in [0.15, 0.2) is 0 Å². The van der Waals surface area contributed by atoms with E-state index in [0.717, 1.165) is 55.5 Å². The van der Waals surface area contributed by atoms with Crippen LogP contribution >= 0.6 is 0 Å². The molecule has 0 amide bonds. The molecule has 5 heterocycles. The fraction of sp³-hybridized carbons (Fsp3) is 0.452. The van der Waals surface area contributed by atoms with Crippen LogP contribution in [-0.2, 0) is 21.0 Å². The van der Waals surface area contributed by atoms with Crippen LogP contribution in [0.15, 0.2) is 41.3 Å². The van der Waals surface area contributed by atoms with Crippen molar-refractivity contribution in [2.24, 2.45) is 5.92 Å². The van der Waals surface area contributed by atoms with Crippen LogP contribution in [0.25, 0.3) is 22.2 Å². The first-order chi connectivity index (χ1) is 20.7. The molecule has 43 heavy (non-hydrogen) atoms. The molecule has 1 aromatic carbocycles. The van der Waals surface area contributed by atoms with Gasteiger partial charge in [-0.05, 0) is 94.7 Å². The van der Waals surface area contributed by atoms with Crippen LogP contribution in [0.4, 0.5) is 17.3 Å². The molecule has 0 bridgehead atoms. The van der Waals surface area contributed by atoms with E-state index in [1.54, 1.807) is 17.0 Å². The van der Waals surface area contributed by atoms with Gasteiger partial charge < -0.3 is 20.7 Å². The monoisotopic (exact) mass is 604 g/mol. The fourth-order valence-electron chi connectivity index (χ4n) is 6.12. The summed E-state index contributed by atoms with van der Waals surface area (Å²) in [5.74, 6) is 4.50. The third-order valence-electron chi connectivity index (χ3n) is 8.35. The largest absolute Gasteiger partial charge is 0.382 e. The highest BCUT2D eigenvalue weighted by Gasteiger charge is 2.24. The average molecular weight is 605 g/mol. The highest BCUT2D eigenvalue weighted by molar-refractivity contribution is 7.98. The number of anilines is 3. The first kappa shape index (κ1) is 29.3. The van der Waals surface area contributed by atoms with Crippen LogP contribution in [0, 0.1) is 19.8 Å². The van der Waals surface area contributed by atoms with Gasteiger partial charge >= 0.3 is 0 Å². The number of aryl methyl sites for hydroxylation is 1. The lowest BCUT2D eigenvalue weighted by Crippen LogP contribution is -2.35. The summed E-state index contributed by atoms with van der Waals surface area (Å²) in [6.45, 7) is 7.61. The Hall–Kier alpha value is -3.74. The summed E-state index contributed by atoms with van der Waals surface area (Å²) in [5, 5.41) is 15.6. The van der Waals surface area contributed by atoms with E-state index in [1.165, 1.54) is 4.09 Å². The van der Waals surface area contributed by atoms with Gasteiger partial charge in [-0.25, -0.2) is 9.19 Å². The Morgan fingerprint density at radius 2 is 1.79 bits per heavy atom. The minimum atomic E-state index is -2.63. The number of piperidine rings is 1. The van der Waals surface area contributed by atoms with Crippen molar-refractivity contribution in [3.8, 4) is 11.1 Å². The lowest BCUT2D eigenvalue weighted by atomic mass is 9.99. The third kappa shape index (κ3) is 6.31. The molecule has 228 valence electrons. The Morgan fingerprint density at radius 3 is 2.47 bits per heavy atom. The molecule has 2 aliphatic heterocycles. The Kier molecular flexibility index (Phi) is 8.25. The van der Waals surface area contributed by atoms with Crippen molar-refractivity contribution in [2.75, 3.05) is 43.2 Å². The topological polar surface area (TPSA) is 128 Å². The highest BCUT2D eigenvalue weighted by Crippen LogP contribution is 2.29. The van der Waals surface area contributed by atoms with E-state index in [4.69, 9.17) is 9.72 Å². The van der Waals surface area contributed by atoms with Crippen LogP contribution in [0.2, 0.25) is 0 Å². The maximum Gasteiger partial charge on any atom is 0.260 e. The van der Waals surface area contributed by atoms with Gasteiger partial charge in [0.25, 0.3) is 5.56 Å². The molecule has 2 fully saturated rings. The summed E-state index contributed by atoms with van der Waals surface area (Å²) in [7, 11) is -2.63. The smallest absolute Gasteiger partial charge is 0.260 e. The summed E-state index contributed by atoms with van der Waals surface area (Å²) in [4.78, 5) is 23.7. The highest BCUT2D eigenvalue weighted by atomic mass is 32.2. The van der Waals surface area contributed by atoms with Crippen LogP contribution < -0.4 is 21.5 Å². The standard InChI is InChI=1S/C31H40N8O3S/c1-20-28(21(2)39(37-20)43(3,4)41)27-17-23-18-33-31(36-29(23)38(30(27)40)19-22-11-15-42-16-12-22)35-25-7-5-24(6-8-25)34-26-9-13-32-14-10-26/h5-8,17-18,22,26,32,34H,3,9-16,19H2,1-2,4H3,(H,33,35,36). The zero-order valence-electron chi connectivity index (χ0n) is 25.1. The Bertz CT molecular complexity index is 1780. The van der Waals surface area contributed by atoms with E-state index in [2.05, 4.69) is 44.0 Å². The molecule has 1 atom stereocenters. The Balaban J connectivity index is 1.36. The van der Waals surface area contributed by atoms with Gasteiger partial charge in [-0.3, -0.25) is 9.36 Å². The number of pyridine rings is 1. The fourth-order valence-corrected chi connectivity index (χ4v) is 7.09. The molecule has 0 aliphatic carbocycles. The van der Waals surface area contributed by atoms with Gasteiger partial charge in [0, 0.05) is 60.6 Å². The Labute approximate surface area is 252 Å². The second-order valence-corrected chi connectivity index (χ2v) is 14.0. The number of rotatable bonds is 8. The SMILES string of the molecule is C=S(C)(=O)n1nc(C)c(-c2cc3cnc(Nc4ccc(NC5CCNCC5)cc4)nc3n(CC3CCOCC3)c2=O)c1C. The second kappa shape index (κ2) is 12.1. The number of ether oxygens (including phenoxy) is 1. The van der Waals surface area contributed by atoms with E-state index >= 15 is 0 Å². The average Bonchev–Trinajstić information content (AvgIpc) is 3.30. The van der Waals surface area contributed by atoms with Crippen molar-refractivity contribution in [2.45, 2.75) is 52.1 Å².